The largest absolute Gasteiger partial charge is 0.321 e. The maximum Gasteiger partial charge on any atom is 0.255 e. The van der Waals surface area contributed by atoms with Crippen LogP contribution in [-0.4, -0.2) is 29.1 Å². The predicted molar refractivity (Wildman–Crippen MR) is 114 cm³/mol. The van der Waals surface area contributed by atoms with E-state index in [2.05, 4.69) is 5.32 Å². The number of amides is 1. The Bertz CT molecular complexity index is 1270. The fraction of sp³-hybridized carbons (Fsp3) is 0.0833. The van der Waals surface area contributed by atoms with E-state index >= 15 is 0 Å². The molecule has 0 spiro atoms. The summed E-state index contributed by atoms with van der Waals surface area (Å²) in [7, 11) is 0. The first-order chi connectivity index (χ1) is 14.9. The predicted octanol–water partition coefficient (Wildman–Crippen LogP) is 4.20. The Morgan fingerprint density at radius 2 is 1.58 bits per heavy atom. The number of Topliss-reactive ketones (excluding diaryl/α,β-unsaturated/α-hetero) is 1. The molecule has 0 fully saturated rings. The summed E-state index contributed by atoms with van der Waals surface area (Å²) < 4.78 is 13.6. The average Bonchev–Trinajstić information content (AvgIpc) is 2.78. The van der Waals surface area contributed by atoms with Crippen LogP contribution in [0, 0.1) is 5.82 Å². The molecular formula is C24H15ClFNO4. The molecule has 0 bridgehead atoms. The van der Waals surface area contributed by atoms with Crippen molar-refractivity contribution in [3.05, 3.63) is 99.9 Å². The molecule has 5 nitrogen and oxygen atoms in total. The molecule has 0 atom stereocenters. The zero-order valence-corrected chi connectivity index (χ0v) is 16.8. The van der Waals surface area contributed by atoms with E-state index in [1.165, 1.54) is 36.4 Å². The van der Waals surface area contributed by atoms with E-state index in [0.717, 1.165) is 6.07 Å². The minimum atomic E-state index is -0.674. The number of fused-ring (bicyclic) bond motifs is 2. The van der Waals surface area contributed by atoms with Gasteiger partial charge < -0.3 is 5.32 Å². The first kappa shape index (κ1) is 20.6. The van der Waals surface area contributed by atoms with Gasteiger partial charge in [0.15, 0.2) is 17.3 Å². The molecule has 0 saturated heterocycles. The molecule has 1 aliphatic carbocycles. The Hall–Kier alpha value is -3.64. The molecular weight excluding hydrogens is 421 g/mol. The maximum atomic E-state index is 13.6. The Morgan fingerprint density at radius 3 is 2.26 bits per heavy atom. The van der Waals surface area contributed by atoms with E-state index in [1.54, 1.807) is 18.2 Å². The molecule has 0 aromatic heterocycles. The van der Waals surface area contributed by atoms with Gasteiger partial charge in [-0.3, -0.25) is 19.2 Å². The third-order valence-electron chi connectivity index (χ3n) is 5.04. The molecule has 3 aromatic rings. The Balaban J connectivity index is 1.87. The van der Waals surface area contributed by atoms with Crippen LogP contribution >= 0.6 is 11.6 Å². The quantitative estimate of drug-likeness (QED) is 0.476. The van der Waals surface area contributed by atoms with Crippen LogP contribution in [0.3, 0.4) is 0 Å². The SMILES string of the molecule is O=C(CCl)Cc1ccc2c(c1NC(=O)c1cccc(F)c1)C(=O)c1ccccc1C2=O. The highest BCUT2D eigenvalue weighted by Crippen LogP contribution is 2.35. The topological polar surface area (TPSA) is 80.3 Å². The van der Waals surface area contributed by atoms with E-state index in [0.29, 0.717) is 5.56 Å². The molecule has 0 heterocycles. The lowest BCUT2D eigenvalue weighted by Crippen LogP contribution is -2.25. The Kier molecular flexibility index (Phi) is 5.48. The molecule has 4 rings (SSSR count). The van der Waals surface area contributed by atoms with Crippen LogP contribution in [0.25, 0.3) is 0 Å². The van der Waals surface area contributed by atoms with Gasteiger partial charge in [-0.15, -0.1) is 11.6 Å². The molecule has 0 radical (unpaired) electrons. The van der Waals surface area contributed by atoms with Gasteiger partial charge in [-0.1, -0.05) is 36.4 Å². The van der Waals surface area contributed by atoms with Gasteiger partial charge >= 0.3 is 0 Å². The standard InChI is InChI=1S/C24H15ClFNO4/c25-12-16(28)11-13-8-9-19-20(23(30)18-7-2-1-6-17(18)22(19)29)21(13)27-24(31)14-4-3-5-15(26)10-14/h1-10H,11-12H2,(H,27,31). The van der Waals surface area contributed by atoms with Crippen molar-refractivity contribution < 1.29 is 23.6 Å². The van der Waals surface area contributed by atoms with Crippen LogP contribution in [0.1, 0.15) is 47.8 Å². The number of carbonyl (C=O) groups excluding carboxylic acids is 4. The van der Waals surface area contributed by atoms with Gasteiger partial charge in [-0.05, 0) is 29.8 Å². The number of ketones is 3. The van der Waals surface area contributed by atoms with E-state index < -0.39 is 17.5 Å². The van der Waals surface area contributed by atoms with Crippen LogP contribution in [0.4, 0.5) is 10.1 Å². The molecule has 0 unspecified atom stereocenters. The number of rotatable bonds is 5. The van der Waals surface area contributed by atoms with E-state index in [9.17, 15) is 23.6 Å². The summed E-state index contributed by atoms with van der Waals surface area (Å²) in [5.74, 6) is -2.64. The lowest BCUT2D eigenvalue weighted by molar-refractivity contribution is -0.116. The molecule has 0 saturated carbocycles. The lowest BCUT2D eigenvalue weighted by atomic mass is 9.81. The van der Waals surface area contributed by atoms with Gasteiger partial charge in [0.1, 0.15) is 5.82 Å². The number of nitrogens with one attached hydrogen (secondary N) is 1. The van der Waals surface area contributed by atoms with E-state index in [-0.39, 0.29) is 57.4 Å². The van der Waals surface area contributed by atoms with Crippen LogP contribution in [0.15, 0.2) is 60.7 Å². The summed E-state index contributed by atoms with van der Waals surface area (Å²) in [5.41, 5.74) is 1.04. The van der Waals surface area contributed by atoms with Gasteiger partial charge in [-0.25, -0.2) is 4.39 Å². The van der Waals surface area contributed by atoms with Gasteiger partial charge in [0.2, 0.25) is 0 Å². The summed E-state index contributed by atoms with van der Waals surface area (Å²) in [6.45, 7) is 0. The number of alkyl halides is 1. The molecule has 1 N–H and O–H groups in total. The second-order valence-electron chi connectivity index (χ2n) is 7.04. The lowest BCUT2D eigenvalue weighted by Gasteiger charge is -2.22. The van der Waals surface area contributed by atoms with Crippen molar-refractivity contribution in [2.24, 2.45) is 0 Å². The summed E-state index contributed by atoms with van der Waals surface area (Å²) >= 11 is 5.64. The van der Waals surface area contributed by atoms with Gasteiger partial charge in [0.25, 0.3) is 5.91 Å². The number of anilines is 1. The summed E-state index contributed by atoms with van der Waals surface area (Å²) in [6, 6.07) is 14.4. The zero-order valence-electron chi connectivity index (χ0n) is 16.1. The molecule has 31 heavy (non-hydrogen) atoms. The Morgan fingerprint density at radius 1 is 0.871 bits per heavy atom. The van der Waals surface area contributed by atoms with Crippen molar-refractivity contribution in [2.45, 2.75) is 6.42 Å². The number of carbonyl (C=O) groups is 4. The number of hydrogen-bond donors (Lipinski definition) is 1. The van der Waals surface area contributed by atoms with Crippen molar-refractivity contribution in [2.75, 3.05) is 11.2 Å². The highest BCUT2D eigenvalue weighted by molar-refractivity contribution is 6.31. The maximum absolute atomic E-state index is 13.6. The van der Waals surface area contributed by atoms with E-state index in [4.69, 9.17) is 11.6 Å². The Labute approximate surface area is 181 Å². The molecule has 7 heteroatoms. The van der Waals surface area contributed by atoms with Crippen LogP contribution in [-0.2, 0) is 11.2 Å². The zero-order chi connectivity index (χ0) is 22.1. The van der Waals surface area contributed by atoms with E-state index in [1.807, 2.05) is 0 Å². The summed E-state index contributed by atoms with van der Waals surface area (Å²) in [4.78, 5) is 51.1. The van der Waals surface area contributed by atoms with Crippen molar-refractivity contribution in [3.63, 3.8) is 0 Å². The first-order valence-corrected chi connectivity index (χ1v) is 9.93. The monoisotopic (exact) mass is 435 g/mol. The smallest absolute Gasteiger partial charge is 0.255 e. The van der Waals surface area contributed by atoms with Gasteiger partial charge in [0, 0.05) is 28.7 Å². The number of benzene rings is 3. The van der Waals surface area contributed by atoms with Crippen LogP contribution in [0.2, 0.25) is 0 Å². The third kappa shape index (κ3) is 3.78. The van der Waals surface area contributed by atoms with Crippen LogP contribution < -0.4 is 5.32 Å². The second-order valence-corrected chi connectivity index (χ2v) is 7.31. The van der Waals surface area contributed by atoms with Crippen molar-refractivity contribution in [1.29, 1.82) is 0 Å². The number of halogens is 2. The average molecular weight is 436 g/mol. The second kappa shape index (κ2) is 8.24. The van der Waals surface area contributed by atoms with Crippen molar-refractivity contribution in [1.82, 2.24) is 0 Å². The van der Waals surface area contributed by atoms with Gasteiger partial charge in [0.05, 0.1) is 17.1 Å². The minimum Gasteiger partial charge on any atom is -0.321 e. The van der Waals surface area contributed by atoms with Crippen molar-refractivity contribution >= 4 is 40.5 Å². The fourth-order valence-corrected chi connectivity index (χ4v) is 3.69. The summed E-state index contributed by atoms with van der Waals surface area (Å²) in [6.07, 6.45) is -0.140. The highest BCUT2D eigenvalue weighted by atomic mass is 35.5. The number of hydrogen-bond acceptors (Lipinski definition) is 4. The van der Waals surface area contributed by atoms with Gasteiger partial charge in [-0.2, -0.15) is 0 Å². The molecule has 3 aromatic carbocycles. The molecule has 0 aliphatic heterocycles. The van der Waals surface area contributed by atoms with Crippen LogP contribution in [0.5, 0.6) is 0 Å². The first-order valence-electron chi connectivity index (χ1n) is 9.39. The normalized spacial score (nSPS) is 12.2. The fourth-order valence-electron chi connectivity index (χ4n) is 3.59. The van der Waals surface area contributed by atoms with Crippen molar-refractivity contribution in [3.8, 4) is 0 Å². The molecule has 1 amide bonds. The highest BCUT2D eigenvalue weighted by Gasteiger charge is 2.33. The molecule has 1 aliphatic rings. The summed E-state index contributed by atoms with van der Waals surface area (Å²) in [5, 5.41) is 2.62. The molecule has 154 valence electrons. The minimum absolute atomic E-state index is 0.00771. The third-order valence-corrected chi connectivity index (χ3v) is 5.34.